The summed E-state index contributed by atoms with van der Waals surface area (Å²) < 4.78 is 11.1. The summed E-state index contributed by atoms with van der Waals surface area (Å²) in [6, 6.07) is 11.9. The first-order valence-electron chi connectivity index (χ1n) is 10.2. The smallest absolute Gasteiger partial charge is 0.278 e. The van der Waals surface area contributed by atoms with E-state index in [4.69, 9.17) is 21.1 Å². The standard InChI is InChI=1S/C24H27ClN2O4/c1-14(2)13-31-18-9-6-16(7-10-18)21-22(24(29)27(15(3)4)23(21)28)26-19-12-17(25)8-11-20(19)30-5/h6-12,14-15,26H,13H2,1-5H3. The molecule has 164 valence electrons. The number of anilines is 1. The molecule has 2 aromatic carbocycles. The summed E-state index contributed by atoms with van der Waals surface area (Å²) in [5.41, 5.74) is 1.62. The second kappa shape index (κ2) is 9.43. The van der Waals surface area contributed by atoms with E-state index in [1.807, 2.05) is 0 Å². The summed E-state index contributed by atoms with van der Waals surface area (Å²) in [6.45, 7) is 8.36. The van der Waals surface area contributed by atoms with E-state index in [1.165, 1.54) is 12.0 Å². The van der Waals surface area contributed by atoms with Gasteiger partial charge in [-0.15, -0.1) is 0 Å². The highest BCUT2D eigenvalue weighted by molar-refractivity contribution is 6.37. The van der Waals surface area contributed by atoms with Gasteiger partial charge in [0.05, 0.1) is 25.0 Å². The molecule has 0 bridgehead atoms. The Balaban J connectivity index is 2.03. The van der Waals surface area contributed by atoms with Crippen LogP contribution in [0, 0.1) is 5.92 Å². The van der Waals surface area contributed by atoms with Crippen molar-refractivity contribution in [2.75, 3.05) is 19.0 Å². The van der Waals surface area contributed by atoms with E-state index < -0.39 is 5.91 Å². The molecule has 31 heavy (non-hydrogen) atoms. The van der Waals surface area contributed by atoms with Crippen molar-refractivity contribution >= 4 is 34.7 Å². The van der Waals surface area contributed by atoms with E-state index in [-0.39, 0.29) is 17.6 Å². The van der Waals surface area contributed by atoms with Crippen LogP contribution in [-0.2, 0) is 9.59 Å². The molecule has 0 saturated heterocycles. The van der Waals surface area contributed by atoms with Crippen LogP contribution in [0.4, 0.5) is 5.69 Å². The fraction of sp³-hybridized carbons (Fsp3) is 0.333. The Labute approximate surface area is 187 Å². The van der Waals surface area contributed by atoms with Crippen LogP contribution >= 0.6 is 11.6 Å². The van der Waals surface area contributed by atoms with Crippen molar-refractivity contribution in [2.45, 2.75) is 33.7 Å². The molecule has 0 radical (unpaired) electrons. The number of rotatable bonds is 8. The molecule has 0 spiro atoms. The van der Waals surface area contributed by atoms with Crippen LogP contribution in [0.2, 0.25) is 5.02 Å². The molecule has 0 saturated carbocycles. The molecule has 3 rings (SSSR count). The number of imide groups is 1. The van der Waals surface area contributed by atoms with Gasteiger partial charge in [-0.2, -0.15) is 0 Å². The fourth-order valence-corrected chi connectivity index (χ4v) is 3.47. The predicted molar refractivity (Wildman–Crippen MR) is 122 cm³/mol. The first-order chi connectivity index (χ1) is 14.7. The van der Waals surface area contributed by atoms with Gasteiger partial charge >= 0.3 is 0 Å². The third-order valence-corrected chi connectivity index (χ3v) is 5.01. The molecule has 2 aromatic rings. The van der Waals surface area contributed by atoms with Gasteiger partial charge in [0.1, 0.15) is 17.2 Å². The molecule has 1 aliphatic rings. The van der Waals surface area contributed by atoms with Crippen LogP contribution in [0.3, 0.4) is 0 Å². The van der Waals surface area contributed by atoms with E-state index in [1.54, 1.807) is 56.3 Å². The van der Waals surface area contributed by atoms with Gasteiger partial charge in [-0.3, -0.25) is 14.5 Å². The van der Waals surface area contributed by atoms with Crippen molar-refractivity contribution in [1.82, 2.24) is 4.90 Å². The highest BCUT2D eigenvalue weighted by Gasteiger charge is 2.40. The van der Waals surface area contributed by atoms with E-state index >= 15 is 0 Å². The molecular weight excluding hydrogens is 416 g/mol. The lowest BCUT2D eigenvalue weighted by molar-refractivity contribution is -0.138. The average molecular weight is 443 g/mol. The normalized spacial score (nSPS) is 14.1. The summed E-state index contributed by atoms with van der Waals surface area (Å²) >= 11 is 6.14. The van der Waals surface area contributed by atoms with Crippen molar-refractivity contribution in [3.8, 4) is 11.5 Å². The van der Waals surface area contributed by atoms with Gasteiger partial charge in [0.15, 0.2) is 0 Å². The summed E-state index contributed by atoms with van der Waals surface area (Å²) in [5.74, 6) is 0.884. The molecule has 2 amide bonds. The first kappa shape index (κ1) is 22.7. The third-order valence-electron chi connectivity index (χ3n) is 4.78. The Bertz CT molecular complexity index is 1010. The topological polar surface area (TPSA) is 67.9 Å². The van der Waals surface area contributed by atoms with Crippen molar-refractivity contribution in [3.05, 3.63) is 58.7 Å². The molecule has 0 unspecified atom stereocenters. The van der Waals surface area contributed by atoms with Crippen molar-refractivity contribution < 1.29 is 19.1 Å². The number of methoxy groups -OCH3 is 1. The minimum atomic E-state index is -0.392. The lowest BCUT2D eigenvalue weighted by Gasteiger charge is -2.19. The molecule has 1 N–H and O–H groups in total. The van der Waals surface area contributed by atoms with E-state index in [0.717, 1.165) is 0 Å². The minimum absolute atomic E-state index is 0.190. The number of benzene rings is 2. The zero-order valence-corrected chi connectivity index (χ0v) is 19.1. The maximum absolute atomic E-state index is 13.2. The molecular formula is C24H27ClN2O4. The number of halogens is 1. The lowest BCUT2D eigenvalue weighted by atomic mass is 10.0. The number of amides is 2. The molecule has 0 aliphatic carbocycles. The van der Waals surface area contributed by atoms with Gasteiger partial charge in [-0.1, -0.05) is 37.6 Å². The number of carbonyl (C=O) groups excluding carboxylic acids is 2. The third kappa shape index (κ3) is 4.85. The van der Waals surface area contributed by atoms with E-state index in [9.17, 15) is 9.59 Å². The Morgan fingerprint density at radius 1 is 1.00 bits per heavy atom. The quantitative estimate of drug-likeness (QED) is 0.583. The molecule has 7 heteroatoms. The molecule has 0 atom stereocenters. The number of ether oxygens (including phenoxy) is 2. The van der Waals surface area contributed by atoms with Gasteiger partial charge in [-0.05, 0) is 55.7 Å². The monoisotopic (exact) mass is 442 g/mol. The van der Waals surface area contributed by atoms with E-state index in [2.05, 4.69) is 19.2 Å². The van der Waals surface area contributed by atoms with Crippen LogP contribution in [0.1, 0.15) is 33.3 Å². The van der Waals surface area contributed by atoms with Crippen LogP contribution in [0.5, 0.6) is 11.5 Å². The number of carbonyl (C=O) groups is 2. The Hall–Kier alpha value is -2.99. The maximum Gasteiger partial charge on any atom is 0.278 e. The van der Waals surface area contributed by atoms with Crippen molar-refractivity contribution in [1.29, 1.82) is 0 Å². The zero-order valence-electron chi connectivity index (χ0n) is 18.4. The lowest BCUT2D eigenvalue weighted by Crippen LogP contribution is -2.38. The van der Waals surface area contributed by atoms with Crippen molar-refractivity contribution in [3.63, 3.8) is 0 Å². The number of hydrogen-bond acceptors (Lipinski definition) is 5. The summed E-state index contributed by atoms with van der Waals surface area (Å²) in [4.78, 5) is 27.6. The summed E-state index contributed by atoms with van der Waals surface area (Å²) in [6.07, 6.45) is 0. The second-order valence-corrected chi connectivity index (χ2v) is 8.46. The van der Waals surface area contributed by atoms with Crippen LogP contribution in [-0.4, -0.2) is 36.5 Å². The van der Waals surface area contributed by atoms with Gasteiger partial charge in [0.25, 0.3) is 11.8 Å². The Kier molecular flexibility index (Phi) is 6.91. The maximum atomic E-state index is 13.2. The fourth-order valence-electron chi connectivity index (χ4n) is 3.29. The summed E-state index contributed by atoms with van der Waals surface area (Å²) in [5, 5.41) is 3.58. The van der Waals surface area contributed by atoms with Gasteiger partial charge < -0.3 is 14.8 Å². The highest BCUT2D eigenvalue weighted by atomic mass is 35.5. The molecule has 0 fully saturated rings. The van der Waals surface area contributed by atoms with Gasteiger partial charge in [0.2, 0.25) is 0 Å². The first-order valence-corrected chi connectivity index (χ1v) is 10.6. The SMILES string of the molecule is COc1ccc(Cl)cc1NC1=C(c2ccc(OCC(C)C)cc2)C(=O)N(C(C)C)C1=O. The number of nitrogens with zero attached hydrogens (tertiary/aromatic N) is 1. The Morgan fingerprint density at radius 2 is 1.68 bits per heavy atom. The number of hydrogen-bond donors (Lipinski definition) is 1. The van der Waals surface area contributed by atoms with E-state index in [0.29, 0.717) is 45.9 Å². The van der Waals surface area contributed by atoms with Crippen LogP contribution in [0.15, 0.2) is 48.2 Å². The van der Waals surface area contributed by atoms with Crippen molar-refractivity contribution in [2.24, 2.45) is 5.92 Å². The van der Waals surface area contributed by atoms with Gasteiger partial charge in [0, 0.05) is 11.1 Å². The second-order valence-electron chi connectivity index (χ2n) is 8.02. The zero-order chi connectivity index (χ0) is 22.7. The van der Waals surface area contributed by atoms with Crippen LogP contribution < -0.4 is 14.8 Å². The summed E-state index contributed by atoms with van der Waals surface area (Å²) in [7, 11) is 1.53. The Morgan fingerprint density at radius 3 is 2.26 bits per heavy atom. The largest absolute Gasteiger partial charge is 0.495 e. The van der Waals surface area contributed by atoms with Gasteiger partial charge in [-0.25, -0.2) is 0 Å². The molecule has 6 nitrogen and oxygen atoms in total. The highest BCUT2D eigenvalue weighted by Crippen LogP contribution is 2.35. The minimum Gasteiger partial charge on any atom is -0.495 e. The molecule has 0 aromatic heterocycles. The number of nitrogens with one attached hydrogen (secondary N) is 1. The molecule has 1 aliphatic heterocycles. The molecule has 1 heterocycles. The van der Waals surface area contributed by atoms with Crippen LogP contribution in [0.25, 0.3) is 5.57 Å². The average Bonchev–Trinajstić information content (AvgIpc) is 2.96. The predicted octanol–water partition coefficient (Wildman–Crippen LogP) is 4.98.